The Morgan fingerprint density at radius 3 is 2.36 bits per heavy atom. The highest BCUT2D eigenvalue weighted by molar-refractivity contribution is 7.98. The molecule has 0 saturated heterocycles. The van der Waals surface area contributed by atoms with E-state index in [4.69, 9.17) is 0 Å². The van der Waals surface area contributed by atoms with Crippen LogP contribution in [0.3, 0.4) is 0 Å². The lowest BCUT2D eigenvalue weighted by Gasteiger charge is -2.08. The Kier molecular flexibility index (Phi) is 4.32. The zero-order chi connectivity index (χ0) is 10.4. The summed E-state index contributed by atoms with van der Waals surface area (Å²) in [6.45, 7) is 0. The van der Waals surface area contributed by atoms with Crippen molar-refractivity contribution in [1.82, 2.24) is 5.32 Å². The number of aliphatic imine (C=N–C) groups is 1. The van der Waals surface area contributed by atoms with Crippen molar-refractivity contribution < 1.29 is 0 Å². The van der Waals surface area contributed by atoms with E-state index in [-0.39, 0.29) is 0 Å². The molecule has 0 radical (unpaired) electrons. The average molecular weight is 209 g/mol. The minimum atomic E-state index is 0.766. The van der Waals surface area contributed by atoms with Gasteiger partial charge >= 0.3 is 0 Å². The van der Waals surface area contributed by atoms with Crippen molar-refractivity contribution in [2.45, 2.75) is 4.90 Å². The van der Waals surface area contributed by atoms with Crippen molar-refractivity contribution in [2.24, 2.45) is 4.99 Å². The van der Waals surface area contributed by atoms with Gasteiger partial charge in [-0.1, -0.05) is 0 Å². The second kappa shape index (κ2) is 5.54. The molecule has 0 spiro atoms. The van der Waals surface area contributed by atoms with E-state index in [0.29, 0.717) is 0 Å². The van der Waals surface area contributed by atoms with Gasteiger partial charge in [-0.05, 0) is 30.5 Å². The SMILES string of the molecule is CN=C(NC)Nc1ccc(SC)cc1. The maximum absolute atomic E-state index is 4.03. The van der Waals surface area contributed by atoms with Gasteiger partial charge in [0.25, 0.3) is 0 Å². The summed E-state index contributed by atoms with van der Waals surface area (Å²) in [5.41, 5.74) is 1.04. The van der Waals surface area contributed by atoms with Crippen molar-refractivity contribution >= 4 is 23.4 Å². The molecule has 0 atom stereocenters. The van der Waals surface area contributed by atoms with E-state index in [1.807, 2.05) is 19.2 Å². The Morgan fingerprint density at radius 2 is 1.93 bits per heavy atom. The van der Waals surface area contributed by atoms with Gasteiger partial charge in [0.15, 0.2) is 5.96 Å². The van der Waals surface area contributed by atoms with Crippen LogP contribution >= 0.6 is 11.8 Å². The Balaban J connectivity index is 2.68. The minimum Gasteiger partial charge on any atom is -0.359 e. The van der Waals surface area contributed by atoms with E-state index in [1.165, 1.54) is 4.90 Å². The van der Waals surface area contributed by atoms with Crippen LogP contribution in [0.2, 0.25) is 0 Å². The minimum absolute atomic E-state index is 0.766. The number of hydrogen-bond acceptors (Lipinski definition) is 2. The molecule has 2 N–H and O–H groups in total. The van der Waals surface area contributed by atoms with E-state index >= 15 is 0 Å². The summed E-state index contributed by atoms with van der Waals surface area (Å²) in [7, 11) is 3.58. The van der Waals surface area contributed by atoms with Crippen LogP contribution in [-0.4, -0.2) is 26.3 Å². The largest absolute Gasteiger partial charge is 0.359 e. The summed E-state index contributed by atoms with van der Waals surface area (Å²) in [4.78, 5) is 5.29. The number of nitrogens with one attached hydrogen (secondary N) is 2. The van der Waals surface area contributed by atoms with Crippen LogP contribution in [0.15, 0.2) is 34.2 Å². The van der Waals surface area contributed by atoms with Gasteiger partial charge in [-0.2, -0.15) is 0 Å². The lowest BCUT2D eigenvalue weighted by Crippen LogP contribution is -2.26. The first kappa shape index (κ1) is 10.9. The summed E-state index contributed by atoms with van der Waals surface area (Å²) in [5, 5.41) is 6.12. The van der Waals surface area contributed by atoms with Crippen molar-refractivity contribution in [1.29, 1.82) is 0 Å². The van der Waals surface area contributed by atoms with Crippen LogP contribution in [0.25, 0.3) is 0 Å². The first-order valence-electron chi connectivity index (χ1n) is 4.35. The highest BCUT2D eigenvalue weighted by atomic mass is 32.2. The normalized spacial score (nSPS) is 11.2. The fraction of sp³-hybridized carbons (Fsp3) is 0.300. The third-order valence-corrected chi connectivity index (χ3v) is 2.56. The molecule has 0 unspecified atom stereocenters. The van der Waals surface area contributed by atoms with E-state index in [2.05, 4.69) is 34.0 Å². The van der Waals surface area contributed by atoms with Gasteiger partial charge in [0.05, 0.1) is 0 Å². The maximum atomic E-state index is 4.03. The number of thioether (sulfide) groups is 1. The third kappa shape index (κ3) is 2.96. The van der Waals surface area contributed by atoms with Crippen molar-refractivity contribution in [3.8, 4) is 0 Å². The predicted octanol–water partition coefficient (Wildman–Crippen LogP) is 2.03. The molecule has 14 heavy (non-hydrogen) atoms. The van der Waals surface area contributed by atoms with Crippen LogP contribution in [0, 0.1) is 0 Å². The standard InChI is InChI=1S/C10H15N3S/c1-11-10(12-2)13-8-4-6-9(14-3)7-5-8/h4-7H,1-3H3,(H2,11,12,13). The molecular weight excluding hydrogens is 194 g/mol. The van der Waals surface area contributed by atoms with Crippen molar-refractivity contribution in [3.63, 3.8) is 0 Å². The van der Waals surface area contributed by atoms with E-state index in [1.54, 1.807) is 18.8 Å². The molecule has 0 fully saturated rings. The highest BCUT2D eigenvalue weighted by Gasteiger charge is 1.95. The van der Waals surface area contributed by atoms with Gasteiger partial charge in [0, 0.05) is 24.7 Å². The molecular formula is C10H15N3S. The molecule has 0 aliphatic rings. The van der Waals surface area contributed by atoms with Gasteiger partial charge in [-0.3, -0.25) is 4.99 Å². The van der Waals surface area contributed by atoms with Crippen LogP contribution in [0.5, 0.6) is 0 Å². The fourth-order valence-corrected chi connectivity index (χ4v) is 1.45. The molecule has 0 bridgehead atoms. The molecule has 76 valence electrons. The smallest absolute Gasteiger partial charge is 0.195 e. The molecule has 4 heteroatoms. The van der Waals surface area contributed by atoms with Gasteiger partial charge in [-0.15, -0.1) is 11.8 Å². The number of benzene rings is 1. The monoisotopic (exact) mass is 209 g/mol. The first-order valence-corrected chi connectivity index (χ1v) is 5.58. The Labute approximate surface area is 89.0 Å². The Morgan fingerprint density at radius 1 is 1.29 bits per heavy atom. The Hall–Kier alpha value is -1.16. The van der Waals surface area contributed by atoms with Gasteiger partial charge < -0.3 is 10.6 Å². The average Bonchev–Trinajstić information content (AvgIpc) is 2.26. The number of rotatable bonds is 2. The predicted molar refractivity (Wildman–Crippen MR) is 64.3 cm³/mol. The molecule has 0 aliphatic heterocycles. The zero-order valence-corrected chi connectivity index (χ0v) is 9.48. The summed E-state index contributed by atoms with van der Waals surface area (Å²) in [6, 6.07) is 8.23. The highest BCUT2D eigenvalue weighted by Crippen LogP contribution is 2.17. The summed E-state index contributed by atoms with van der Waals surface area (Å²) >= 11 is 1.73. The topological polar surface area (TPSA) is 36.4 Å². The molecule has 1 aromatic rings. The van der Waals surface area contributed by atoms with E-state index in [0.717, 1.165) is 11.6 Å². The summed E-state index contributed by atoms with van der Waals surface area (Å²) < 4.78 is 0. The number of nitrogens with zero attached hydrogens (tertiary/aromatic N) is 1. The quantitative estimate of drug-likeness (QED) is 0.444. The molecule has 1 aromatic carbocycles. The fourth-order valence-electron chi connectivity index (χ4n) is 1.04. The van der Waals surface area contributed by atoms with E-state index in [9.17, 15) is 0 Å². The lowest BCUT2D eigenvalue weighted by molar-refractivity contribution is 1.14. The molecule has 0 amide bonds. The zero-order valence-electron chi connectivity index (χ0n) is 8.66. The second-order valence-corrected chi connectivity index (χ2v) is 3.56. The molecule has 0 heterocycles. The molecule has 0 aliphatic carbocycles. The van der Waals surface area contributed by atoms with Crippen LogP contribution < -0.4 is 10.6 Å². The van der Waals surface area contributed by atoms with Crippen LogP contribution in [0.1, 0.15) is 0 Å². The molecule has 1 rings (SSSR count). The van der Waals surface area contributed by atoms with Crippen molar-refractivity contribution in [3.05, 3.63) is 24.3 Å². The van der Waals surface area contributed by atoms with Gasteiger partial charge in [-0.25, -0.2) is 0 Å². The summed E-state index contributed by atoms with van der Waals surface area (Å²) in [6.07, 6.45) is 2.06. The Bertz CT molecular complexity index is 306. The number of guanidine groups is 1. The van der Waals surface area contributed by atoms with Gasteiger partial charge in [0.1, 0.15) is 0 Å². The second-order valence-electron chi connectivity index (χ2n) is 2.68. The maximum Gasteiger partial charge on any atom is 0.195 e. The number of hydrogen-bond donors (Lipinski definition) is 2. The van der Waals surface area contributed by atoms with E-state index < -0.39 is 0 Å². The van der Waals surface area contributed by atoms with Gasteiger partial charge in [0.2, 0.25) is 0 Å². The van der Waals surface area contributed by atoms with Crippen molar-refractivity contribution in [2.75, 3.05) is 25.7 Å². The third-order valence-electron chi connectivity index (χ3n) is 1.81. The number of anilines is 1. The van der Waals surface area contributed by atoms with Crippen LogP contribution in [0.4, 0.5) is 5.69 Å². The molecule has 3 nitrogen and oxygen atoms in total. The van der Waals surface area contributed by atoms with Crippen LogP contribution in [-0.2, 0) is 0 Å². The first-order chi connectivity index (χ1) is 6.80. The lowest BCUT2D eigenvalue weighted by atomic mass is 10.3. The molecule has 0 aromatic heterocycles. The summed E-state index contributed by atoms with van der Waals surface area (Å²) in [5.74, 6) is 0.766. The molecule has 0 saturated carbocycles.